The number of nitrogens with one attached hydrogen (secondary N) is 2. The normalized spacial score (nSPS) is 22.1. The van der Waals surface area contributed by atoms with Crippen LogP contribution in [0.5, 0.6) is 0 Å². The van der Waals surface area contributed by atoms with Crippen LogP contribution in [-0.2, 0) is 4.74 Å². The zero-order valence-corrected chi connectivity index (χ0v) is 14.5. The van der Waals surface area contributed by atoms with E-state index in [-0.39, 0.29) is 0 Å². The molecule has 124 valence electrons. The molecule has 5 heteroatoms. The van der Waals surface area contributed by atoms with Gasteiger partial charge in [0.2, 0.25) is 5.96 Å². The molecule has 1 aliphatic carbocycles. The third-order valence-corrected chi connectivity index (χ3v) is 3.95. The van der Waals surface area contributed by atoms with Crippen molar-refractivity contribution in [1.82, 2.24) is 10.7 Å². The molecule has 0 spiro atoms. The Labute approximate surface area is 130 Å². The first-order valence-corrected chi connectivity index (χ1v) is 8.13. The number of rotatable bonds is 6. The molecule has 4 N–H and O–H groups in total. The quantitative estimate of drug-likeness (QED) is 0.231. The van der Waals surface area contributed by atoms with Gasteiger partial charge in [0.1, 0.15) is 0 Å². The Bertz CT molecular complexity index is 323. The maximum absolute atomic E-state index is 5.59. The summed E-state index contributed by atoms with van der Waals surface area (Å²) in [6.07, 6.45) is 4.48. The number of hydrogen-bond donors (Lipinski definition) is 3. The van der Waals surface area contributed by atoms with Crippen LogP contribution in [0.1, 0.15) is 60.3 Å². The molecule has 1 aliphatic rings. The fourth-order valence-electron chi connectivity index (χ4n) is 3.78. The molecule has 0 bridgehead atoms. The van der Waals surface area contributed by atoms with Gasteiger partial charge in [-0.3, -0.25) is 10.4 Å². The average molecular weight is 298 g/mol. The van der Waals surface area contributed by atoms with E-state index in [1.54, 1.807) is 0 Å². The molecule has 0 aromatic carbocycles. The Hall–Kier alpha value is -0.810. The highest BCUT2D eigenvalue weighted by molar-refractivity contribution is 5.79. The first-order chi connectivity index (χ1) is 9.78. The van der Waals surface area contributed by atoms with Crippen molar-refractivity contribution in [2.75, 3.05) is 19.8 Å². The number of ether oxygens (including phenoxy) is 1. The van der Waals surface area contributed by atoms with Crippen LogP contribution in [0.3, 0.4) is 0 Å². The number of nitrogens with zero attached hydrogens (tertiary/aromatic N) is 1. The maximum Gasteiger partial charge on any atom is 0.205 e. The summed E-state index contributed by atoms with van der Waals surface area (Å²) in [5.41, 5.74) is 3.40. The number of hydrazine groups is 1. The van der Waals surface area contributed by atoms with E-state index < -0.39 is 0 Å². The van der Waals surface area contributed by atoms with Crippen molar-refractivity contribution in [2.24, 2.45) is 21.7 Å². The van der Waals surface area contributed by atoms with Gasteiger partial charge in [-0.2, -0.15) is 0 Å². The minimum absolute atomic E-state index is 0.355. The van der Waals surface area contributed by atoms with Gasteiger partial charge in [0.25, 0.3) is 0 Å². The van der Waals surface area contributed by atoms with Crippen LogP contribution in [0, 0.1) is 10.8 Å². The van der Waals surface area contributed by atoms with Crippen molar-refractivity contribution in [2.45, 2.75) is 66.3 Å². The molecule has 0 saturated heterocycles. The Morgan fingerprint density at radius 2 is 1.86 bits per heavy atom. The Balaban J connectivity index is 2.50. The highest BCUT2D eigenvalue weighted by Crippen LogP contribution is 2.45. The molecule has 21 heavy (non-hydrogen) atoms. The molecular weight excluding hydrogens is 264 g/mol. The van der Waals surface area contributed by atoms with Crippen molar-refractivity contribution in [3.8, 4) is 0 Å². The van der Waals surface area contributed by atoms with Crippen LogP contribution in [0.4, 0.5) is 0 Å². The summed E-state index contributed by atoms with van der Waals surface area (Å²) in [4.78, 5) is 4.49. The zero-order valence-electron chi connectivity index (χ0n) is 14.5. The predicted octanol–water partition coefficient (Wildman–Crippen LogP) is 2.43. The van der Waals surface area contributed by atoms with Gasteiger partial charge in [-0.15, -0.1) is 0 Å². The van der Waals surface area contributed by atoms with Gasteiger partial charge in [-0.1, -0.05) is 27.7 Å². The molecular formula is C16H34N4O. The van der Waals surface area contributed by atoms with E-state index in [2.05, 4.69) is 43.4 Å². The SMILES string of the molecule is CCOCCCN=C(NN)NC1CC(C)(C)CC(C)(C)C1. The van der Waals surface area contributed by atoms with Crippen LogP contribution in [-0.4, -0.2) is 31.8 Å². The lowest BCUT2D eigenvalue weighted by Crippen LogP contribution is -2.51. The molecule has 1 fully saturated rings. The Kier molecular flexibility index (Phi) is 6.94. The van der Waals surface area contributed by atoms with Crippen molar-refractivity contribution in [1.29, 1.82) is 0 Å². The second kappa shape index (κ2) is 7.99. The molecule has 0 heterocycles. The molecule has 1 rings (SSSR count). The van der Waals surface area contributed by atoms with E-state index in [1.165, 1.54) is 6.42 Å². The van der Waals surface area contributed by atoms with Gasteiger partial charge in [0, 0.05) is 25.8 Å². The highest BCUT2D eigenvalue weighted by Gasteiger charge is 2.38. The Morgan fingerprint density at radius 1 is 1.24 bits per heavy atom. The summed E-state index contributed by atoms with van der Waals surface area (Å²) in [7, 11) is 0. The molecule has 0 amide bonds. The van der Waals surface area contributed by atoms with Crippen molar-refractivity contribution >= 4 is 5.96 Å². The molecule has 0 atom stereocenters. The third-order valence-electron chi connectivity index (χ3n) is 3.95. The van der Waals surface area contributed by atoms with E-state index in [0.717, 1.165) is 39.0 Å². The van der Waals surface area contributed by atoms with E-state index in [9.17, 15) is 0 Å². The summed E-state index contributed by atoms with van der Waals surface area (Å²) in [6.45, 7) is 13.6. The number of aliphatic imine (C=N–C) groups is 1. The van der Waals surface area contributed by atoms with E-state index >= 15 is 0 Å². The summed E-state index contributed by atoms with van der Waals surface area (Å²) < 4.78 is 5.31. The van der Waals surface area contributed by atoms with Crippen molar-refractivity contribution in [3.05, 3.63) is 0 Å². The van der Waals surface area contributed by atoms with Crippen LogP contribution < -0.4 is 16.6 Å². The zero-order chi connectivity index (χ0) is 15.9. The fourth-order valence-corrected chi connectivity index (χ4v) is 3.78. The van der Waals surface area contributed by atoms with E-state index in [0.29, 0.717) is 22.8 Å². The van der Waals surface area contributed by atoms with Gasteiger partial charge < -0.3 is 10.1 Å². The smallest absolute Gasteiger partial charge is 0.205 e. The van der Waals surface area contributed by atoms with Crippen LogP contribution >= 0.6 is 0 Å². The standard InChI is InChI=1S/C16H34N4O/c1-6-21-9-7-8-18-14(20-17)19-13-10-15(2,3)12-16(4,5)11-13/h13H,6-12,17H2,1-5H3,(H2,18,19,20). The summed E-state index contributed by atoms with van der Waals surface area (Å²) >= 11 is 0. The minimum atomic E-state index is 0.355. The van der Waals surface area contributed by atoms with Crippen molar-refractivity contribution < 1.29 is 4.74 Å². The van der Waals surface area contributed by atoms with Gasteiger partial charge in [-0.25, -0.2) is 5.84 Å². The van der Waals surface area contributed by atoms with E-state index in [4.69, 9.17) is 10.6 Å². The summed E-state index contributed by atoms with van der Waals surface area (Å²) in [6, 6.07) is 0.422. The first kappa shape index (κ1) is 18.2. The average Bonchev–Trinajstić information content (AvgIpc) is 2.33. The lowest BCUT2D eigenvalue weighted by atomic mass is 9.63. The second-order valence-corrected chi connectivity index (χ2v) is 7.68. The maximum atomic E-state index is 5.59. The van der Waals surface area contributed by atoms with Crippen LogP contribution in [0.2, 0.25) is 0 Å². The molecule has 0 aromatic heterocycles. The van der Waals surface area contributed by atoms with Gasteiger partial charge in [0.05, 0.1) is 0 Å². The molecule has 1 saturated carbocycles. The molecule has 0 aliphatic heterocycles. The third kappa shape index (κ3) is 7.14. The van der Waals surface area contributed by atoms with Crippen molar-refractivity contribution in [3.63, 3.8) is 0 Å². The lowest BCUT2D eigenvalue weighted by molar-refractivity contribution is 0.0918. The molecule has 5 nitrogen and oxygen atoms in total. The number of hydrogen-bond acceptors (Lipinski definition) is 3. The molecule has 0 radical (unpaired) electrons. The van der Waals surface area contributed by atoms with Crippen LogP contribution in [0.15, 0.2) is 4.99 Å². The van der Waals surface area contributed by atoms with Gasteiger partial charge in [-0.05, 0) is 43.4 Å². The fraction of sp³-hybridized carbons (Fsp3) is 0.938. The van der Waals surface area contributed by atoms with Crippen LogP contribution in [0.25, 0.3) is 0 Å². The highest BCUT2D eigenvalue weighted by atomic mass is 16.5. The second-order valence-electron chi connectivity index (χ2n) is 7.68. The topological polar surface area (TPSA) is 71.7 Å². The minimum Gasteiger partial charge on any atom is -0.382 e. The number of guanidine groups is 1. The monoisotopic (exact) mass is 298 g/mol. The Morgan fingerprint density at radius 3 is 2.38 bits per heavy atom. The van der Waals surface area contributed by atoms with Gasteiger partial charge in [0.15, 0.2) is 0 Å². The summed E-state index contributed by atoms with van der Waals surface area (Å²) in [5, 5.41) is 3.48. The predicted molar refractivity (Wildman–Crippen MR) is 89.1 cm³/mol. The van der Waals surface area contributed by atoms with Gasteiger partial charge >= 0.3 is 0 Å². The van der Waals surface area contributed by atoms with E-state index in [1.807, 2.05) is 6.92 Å². The largest absolute Gasteiger partial charge is 0.382 e. The lowest BCUT2D eigenvalue weighted by Gasteiger charge is -2.45. The number of nitrogens with two attached hydrogens (primary N) is 1. The molecule has 0 unspecified atom stereocenters. The molecule has 0 aromatic rings. The first-order valence-electron chi connectivity index (χ1n) is 8.13. The summed E-state index contributed by atoms with van der Waals surface area (Å²) in [5.74, 6) is 6.29.